The Hall–Kier alpha value is -2.74. The van der Waals surface area contributed by atoms with Gasteiger partial charge < -0.3 is 14.4 Å². The number of carbonyl (C=O) groups is 1. The Kier molecular flexibility index (Phi) is 7.28. The van der Waals surface area contributed by atoms with Crippen LogP contribution in [-0.4, -0.2) is 53.1 Å². The number of rotatable bonds is 9. The summed E-state index contributed by atoms with van der Waals surface area (Å²) < 4.78 is 38.5. The van der Waals surface area contributed by atoms with E-state index < -0.39 is 10.0 Å². The Morgan fingerprint density at radius 3 is 2.14 bits per heavy atom. The van der Waals surface area contributed by atoms with Crippen molar-refractivity contribution >= 4 is 21.6 Å². The molecule has 28 heavy (non-hydrogen) atoms. The van der Waals surface area contributed by atoms with Gasteiger partial charge >= 0.3 is 0 Å². The maximum atomic E-state index is 13.4. The van der Waals surface area contributed by atoms with Gasteiger partial charge in [0, 0.05) is 19.2 Å². The van der Waals surface area contributed by atoms with E-state index in [9.17, 15) is 13.2 Å². The first-order valence-corrected chi connectivity index (χ1v) is 10.4. The number of likely N-dealkylation sites (N-methyl/N-ethyl adjacent to an activating group) is 1. The molecular formula is C20H26N2O5S. The van der Waals surface area contributed by atoms with Gasteiger partial charge in [0.2, 0.25) is 5.91 Å². The van der Waals surface area contributed by atoms with Crippen molar-refractivity contribution in [3.05, 3.63) is 48.5 Å². The van der Waals surface area contributed by atoms with Gasteiger partial charge in [0.05, 0.1) is 24.8 Å². The summed E-state index contributed by atoms with van der Waals surface area (Å²) in [4.78, 5) is 14.4. The number of sulfonamides is 1. The molecule has 0 saturated heterocycles. The second-order valence-electron chi connectivity index (χ2n) is 5.93. The lowest BCUT2D eigenvalue weighted by Crippen LogP contribution is -2.43. The van der Waals surface area contributed by atoms with Crippen molar-refractivity contribution in [3.63, 3.8) is 0 Å². The summed E-state index contributed by atoms with van der Waals surface area (Å²) in [5, 5.41) is 0. The maximum Gasteiger partial charge on any atom is 0.264 e. The molecule has 7 nitrogen and oxygen atoms in total. The predicted octanol–water partition coefficient (Wildman–Crippen LogP) is 2.77. The summed E-state index contributed by atoms with van der Waals surface area (Å²) in [6.45, 7) is 4.34. The number of amides is 1. The van der Waals surface area contributed by atoms with Gasteiger partial charge in [0.25, 0.3) is 10.0 Å². The molecule has 0 N–H and O–H groups in total. The van der Waals surface area contributed by atoms with Crippen LogP contribution in [0.3, 0.4) is 0 Å². The van der Waals surface area contributed by atoms with Gasteiger partial charge in [-0.05, 0) is 38.1 Å². The molecule has 0 heterocycles. The zero-order valence-electron chi connectivity index (χ0n) is 16.6. The normalized spacial score (nSPS) is 11.0. The van der Waals surface area contributed by atoms with Crippen LogP contribution in [0.5, 0.6) is 11.5 Å². The summed E-state index contributed by atoms with van der Waals surface area (Å²) in [5.41, 5.74) is 0.242. The van der Waals surface area contributed by atoms with Crippen molar-refractivity contribution in [2.75, 3.05) is 38.2 Å². The molecule has 1 amide bonds. The number of carbonyl (C=O) groups excluding carboxylic acids is 1. The van der Waals surface area contributed by atoms with Crippen LogP contribution in [0.1, 0.15) is 13.8 Å². The molecule has 0 spiro atoms. The fraction of sp³-hybridized carbons (Fsp3) is 0.350. The van der Waals surface area contributed by atoms with Crippen molar-refractivity contribution in [3.8, 4) is 11.5 Å². The first-order chi connectivity index (χ1) is 13.4. The van der Waals surface area contributed by atoms with Crippen molar-refractivity contribution in [2.45, 2.75) is 18.7 Å². The fourth-order valence-electron chi connectivity index (χ4n) is 2.81. The third-order valence-electron chi connectivity index (χ3n) is 4.38. The van der Waals surface area contributed by atoms with Crippen LogP contribution < -0.4 is 13.8 Å². The lowest BCUT2D eigenvalue weighted by Gasteiger charge is -2.28. The molecule has 2 aromatic rings. The monoisotopic (exact) mass is 406 g/mol. The Morgan fingerprint density at radius 1 is 0.964 bits per heavy atom. The highest BCUT2D eigenvalue weighted by Crippen LogP contribution is 2.35. The van der Waals surface area contributed by atoms with Crippen LogP contribution in [0.15, 0.2) is 53.4 Å². The molecule has 0 radical (unpaired) electrons. The number of nitrogens with zero attached hydrogens (tertiary/aromatic N) is 2. The van der Waals surface area contributed by atoms with Gasteiger partial charge in [0.15, 0.2) is 0 Å². The molecule has 0 atom stereocenters. The minimum Gasteiger partial charge on any atom is -0.497 e. The molecule has 0 saturated carbocycles. The van der Waals surface area contributed by atoms with Gasteiger partial charge in [-0.2, -0.15) is 0 Å². The molecule has 0 aliphatic carbocycles. The van der Waals surface area contributed by atoms with Gasteiger partial charge in [0.1, 0.15) is 18.0 Å². The fourth-order valence-corrected chi connectivity index (χ4v) is 4.25. The van der Waals surface area contributed by atoms with Gasteiger partial charge in [-0.25, -0.2) is 8.42 Å². The van der Waals surface area contributed by atoms with E-state index >= 15 is 0 Å². The van der Waals surface area contributed by atoms with Gasteiger partial charge in [-0.1, -0.05) is 18.2 Å². The van der Waals surface area contributed by atoms with Gasteiger partial charge in [-0.15, -0.1) is 0 Å². The molecule has 152 valence electrons. The van der Waals surface area contributed by atoms with Crippen LogP contribution in [0.2, 0.25) is 0 Å². The summed E-state index contributed by atoms with van der Waals surface area (Å²) >= 11 is 0. The SMILES string of the molecule is CCN(CC)C(=O)CN(c1cc(OC)ccc1OC)S(=O)(=O)c1ccccc1. The summed E-state index contributed by atoms with van der Waals surface area (Å²) in [5.74, 6) is 0.487. The Labute approximate surface area is 166 Å². The summed E-state index contributed by atoms with van der Waals surface area (Å²) in [6.07, 6.45) is 0. The first-order valence-electron chi connectivity index (χ1n) is 8.96. The molecule has 0 aliphatic rings. The number of anilines is 1. The zero-order valence-corrected chi connectivity index (χ0v) is 17.4. The topological polar surface area (TPSA) is 76.2 Å². The lowest BCUT2D eigenvalue weighted by molar-refractivity contribution is -0.129. The van der Waals surface area contributed by atoms with Crippen LogP contribution in [-0.2, 0) is 14.8 Å². The standard InChI is InChI=1S/C20H26N2O5S/c1-5-21(6-2)20(23)15-22(28(24,25)17-10-8-7-9-11-17)18-14-16(26-3)12-13-19(18)27-4/h7-14H,5-6,15H2,1-4H3. The average molecular weight is 407 g/mol. The summed E-state index contributed by atoms with van der Waals surface area (Å²) in [6, 6.07) is 12.8. The Bertz CT molecular complexity index is 896. The number of methoxy groups -OCH3 is 2. The van der Waals surface area contributed by atoms with Crippen molar-refractivity contribution < 1.29 is 22.7 Å². The van der Waals surface area contributed by atoms with Gasteiger partial charge in [-0.3, -0.25) is 9.10 Å². The number of benzene rings is 2. The molecule has 2 aromatic carbocycles. The van der Waals surface area contributed by atoms with E-state index in [2.05, 4.69) is 0 Å². The molecular weight excluding hydrogens is 380 g/mol. The van der Waals surface area contributed by atoms with E-state index in [4.69, 9.17) is 9.47 Å². The minimum atomic E-state index is -4.01. The molecule has 0 unspecified atom stereocenters. The van der Waals surface area contributed by atoms with Crippen LogP contribution in [0, 0.1) is 0 Å². The van der Waals surface area contributed by atoms with Crippen molar-refractivity contribution in [2.24, 2.45) is 0 Å². The lowest BCUT2D eigenvalue weighted by atomic mass is 10.2. The third kappa shape index (κ3) is 4.56. The molecule has 0 fully saturated rings. The highest BCUT2D eigenvalue weighted by atomic mass is 32.2. The van der Waals surface area contributed by atoms with Crippen LogP contribution in [0.4, 0.5) is 5.69 Å². The molecule has 8 heteroatoms. The molecule has 0 aromatic heterocycles. The third-order valence-corrected chi connectivity index (χ3v) is 6.15. The van der Waals surface area contributed by atoms with E-state index in [0.29, 0.717) is 24.6 Å². The number of hydrogen-bond acceptors (Lipinski definition) is 5. The zero-order chi connectivity index (χ0) is 20.7. The van der Waals surface area contributed by atoms with E-state index in [1.807, 2.05) is 13.8 Å². The first kappa shape index (κ1) is 21.6. The predicted molar refractivity (Wildman–Crippen MR) is 108 cm³/mol. The second kappa shape index (κ2) is 9.45. The van der Waals surface area contributed by atoms with E-state index in [-0.39, 0.29) is 23.0 Å². The Balaban J connectivity index is 2.62. The highest BCUT2D eigenvalue weighted by Gasteiger charge is 2.30. The Morgan fingerprint density at radius 2 is 1.61 bits per heavy atom. The number of ether oxygens (including phenoxy) is 2. The van der Waals surface area contributed by atoms with Crippen molar-refractivity contribution in [1.82, 2.24) is 4.90 Å². The quantitative estimate of drug-likeness (QED) is 0.640. The maximum absolute atomic E-state index is 13.4. The average Bonchev–Trinajstić information content (AvgIpc) is 2.73. The van der Waals surface area contributed by atoms with E-state index in [0.717, 1.165) is 4.31 Å². The minimum absolute atomic E-state index is 0.0900. The summed E-state index contributed by atoms with van der Waals surface area (Å²) in [7, 11) is -1.07. The van der Waals surface area contributed by atoms with Crippen LogP contribution in [0.25, 0.3) is 0 Å². The highest BCUT2D eigenvalue weighted by molar-refractivity contribution is 7.92. The van der Waals surface area contributed by atoms with Crippen molar-refractivity contribution in [1.29, 1.82) is 0 Å². The number of hydrogen-bond donors (Lipinski definition) is 0. The molecule has 2 rings (SSSR count). The van der Waals surface area contributed by atoms with Crippen LogP contribution >= 0.6 is 0 Å². The molecule has 0 aliphatic heterocycles. The largest absolute Gasteiger partial charge is 0.497 e. The smallest absolute Gasteiger partial charge is 0.264 e. The second-order valence-corrected chi connectivity index (χ2v) is 7.79. The molecule has 0 bridgehead atoms. The van der Waals surface area contributed by atoms with E-state index in [1.54, 1.807) is 41.3 Å². The van der Waals surface area contributed by atoms with E-state index in [1.165, 1.54) is 26.4 Å².